The Bertz CT molecular complexity index is 989. The summed E-state index contributed by atoms with van der Waals surface area (Å²) in [6.07, 6.45) is 1.69. The van der Waals surface area contributed by atoms with Crippen LogP contribution in [0, 0.1) is 20.8 Å². The van der Waals surface area contributed by atoms with Crippen molar-refractivity contribution >= 4 is 28.1 Å². The number of hydrogen-bond acceptors (Lipinski definition) is 2. The molecule has 0 spiro atoms. The van der Waals surface area contributed by atoms with Crippen LogP contribution < -0.4 is 5.43 Å². The Kier molecular flexibility index (Phi) is 5.38. The maximum atomic E-state index is 12.2. The molecule has 2 aromatic carbocycles. The van der Waals surface area contributed by atoms with Crippen LogP contribution >= 0.6 is 15.9 Å². The molecule has 0 unspecified atom stereocenters. The first-order valence-electron chi connectivity index (χ1n) is 8.30. The fraction of sp³-hybridized carbons (Fsp3) is 0.143. The van der Waals surface area contributed by atoms with Gasteiger partial charge in [0.05, 0.1) is 6.21 Å². The van der Waals surface area contributed by atoms with Gasteiger partial charge in [0.15, 0.2) is 0 Å². The predicted octanol–water partition coefficient (Wildman–Crippen LogP) is 4.93. The van der Waals surface area contributed by atoms with E-state index in [2.05, 4.69) is 75.2 Å². The normalized spacial score (nSPS) is 11.1. The Morgan fingerprint density at radius 3 is 2.58 bits per heavy atom. The summed E-state index contributed by atoms with van der Waals surface area (Å²) in [6.45, 7) is 6.19. The molecule has 0 bridgehead atoms. The molecule has 26 heavy (non-hydrogen) atoms. The number of amides is 1. The first-order chi connectivity index (χ1) is 12.5. The van der Waals surface area contributed by atoms with Gasteiger partial charge < -0.3 is 4.57 Å². The van der Waals surface area contributed by atoms with E-state index in [1.54, 1.807) is 18.3 Å². The summed E-state index contributed by atoms with van der Waals surface area (Å²) in [5.41, 5.74) is 8.64. The molecule has 0 saturated carbocycles. The molecule has 0 aliphatic heterocycles. The molecule has 0 saturated heterocycles. The number of carbonyl (C=O) groups excluding carboxylic acids is 1. The Balaban J connectivity index is 1.79. The zero-order chi connectivity index (χ0) is 18.7. The number of hydrogen-bond donors (Lipinski definition) is 1. The lowest BCUT2D eigenvalue weighted by Gasteiger charge is -2.10. The molecule has 3 rings (SSSR count). The monoisotopic (exact) mass is 409 g/mol. The first kappa shape index (κ1) is 18.1. The third kappa shape index (κ3) is 3.94. The van der Waals surface area contributed by atoms with Gasteiger partial charge in [-0.1, -0.05) is 34.1 Å². The number of aromatic nitrogens is 1. The molecule has 0 aliphatic rings. The number of benzene rings is 2. The van der Waals surface area contributed by atoms with Crippen LogP contribution in [-0.4, -0.2) is 16.7 Å². The standard InChI is InChI=1S/C21H20BrN3O/c1-14-6-4-9-20(10-14)25-15(2)11-18(16(25)3)13-23-24-21(26)17-7-5-8-19(22)12-17/h4-13H,1-3H3,(H,24,26)/b23-13-. The Hall–Kier alpha value is -2.66. The molecule has 3 aromatic rings. The van der Waals surface area contributed by atoms with Gasteiger partial charge in [-0.05, 0) is 62.7 Å². The number of hydrazone groups is 1. The molecule has 0 fully saturated rings. The van der Waals surface area contributed by atoms with Crippen LogP contribution in [0.3, 0.4) is 0 Å². The third-order valence-electron chi connectivity index (χ3n) is 4.19. The summed E-state index contributed by atoms with van der Waals surface area (Å²) >= 11 is 3.36. The van der Waals surface area contributed by atoms with E-state index in [1.165, 1.54) is 5.56 Å². The van der Waals surface area contributed by atoms with Crippen molar-refractivity contribution in [1.29, 1.82) is 0 Å². The van der Waals surface area contributed by atoms with Crippen LogP contribution in [0.15, 0.2) is 64.2 Å². The number of aryl methyl sites for hydroxylation is 2. The predicted molar refractivity (Wildman–Crippen MR) is 109 cm³/mol. The molecular weight excluding hydrogens is 390 g/mol. The highest BCUT2D eigenvalue weighted by Crippen LogP contribution is 2.20. The van der Waals surface area contributed by atoms with Gasteiger partial charge in [0.1, 0.15) is 0 Å². The van der Waals surface area contributed by atoms with Gasteiger partial charge in [-0.25, -0.2) is 5.43 Å². The van der Waals surface area contributed by atoms with E-state index in [4.69, 9.17) is 0 Å². The lowest BCUT2D eigenvalue weighted by Crippen LogP contribution is -2.17. The van der Waals surface area contributed by atoms with Crippen LogP contribution in [0.2, 0.25) is 0 Å². The maximum absolute atomic E-state index is 12.2. The minimum absolute atomic E-state index is 0.241. The minimum atomic E-state index is -0.241. The Morgan fingerprint density at radius 2 is 1.85 bits per heavy atom. The van der Waals surface area contributed by atoms with E-state index in [0.29, 0.717) is 5.56 Å². The number of rotatable bonds is 4. The van der Waals surface area contributed by atoms with Gasteiger partial charge in [0.2, 0.25) is 0 Å². The third-order valence-corrected chi connectivity index (χ3v) is 4.68. The summed E-state index contributed by atoms with van der Waals surface area (Å²) < 4.78 is 3.04. The molecule has 1 N–H and O–H groups in total. The Labute approximate surface area is 161 Å². The molecular formula is C21H20BrN3O. The molecule has 0 atom stereocenters. The lowest BCUT2D eigenvalue weighted by atomic mass is 10.2. The largest absolute Gasteiger partial charge is 0.318 e. The number of halogens is 1. The second-order valence-electron chi connectivity index (χ2n) is 6.21. The lowest BCUT2D eigenvalue weighted by molar-refractivity contribution is 0.0955. The average Bonchev–Trinajstić information content (AvgIpc) is 2.88. The molecule has 0 aliphatic carbocycles. The summed E-state index contributed by atoms with van der Waals surface area (Å²) in [5, 5.41) is 4.12. The van der Waals surface area contributed by atoms with Crippen LogP contribution in [0.5, 0.6) is 0 Å². The smallest absolute Gasteiger partial charge is 0.271 e. The van der Waals surface area contributed by atoms with Crippen molar-refractivity contribution in [3.63, 3.8) is 0 Å². The highest BCUT2D eigenvalue weighted by molar-refractivity contribution is 9.10. The fourth-order valence-corrected chi connectivity index (χ4v) is 3.34. The summed E-state index contributed by atoms with van der Waals surface area (Å²) in [7, 11) is 0. The fourth-order valence-electron chi connectivity index (χ4n) is 2.94. The summed E-state index contributed by atoms with van der Waals surface area (Å²) in [4.78, 5) is 12.2. The molecule has 4 nitrogen and oxygen atoms in total. The topological polar surface area (TPSA) is 46.4 Å². The van der Waals surface area contributed by atoms with Gasteiger partial charge in [0, 0.05) is 32.7 Å². The second kappa shape index (κ2) is 7.70. The minimum Gasteiger partial charge on any atom is -0.318 e. The van der Waals surface area contributed by atoms with Crippen LogP contribution in [-0.2, 0) is 0 Å². The SMILES string of the molecule is Cc1cccc(-n2c(C)cc(/C=N\NC(=O)c3cccc(Br)c3)c2C)c1. The Morgan fingerprint density at radius 1 is 1.08 bits per heavy atom. The van der Waals surface area contributed by atoms with Crippen molar-refractivity contribution in [2.45, 2.75) is 20.8 Å². The van der Waals surface area contributed by atoms with Crippen molar-refractivity contribution in [2.75, 3.05) is 0 Å². The van der Waals surface area contributed by atoms with Gasteiger partial charge >= 0.3 is 0 Å². The van der Waals surface area contributed by atoms with Crippen molar-refractivity contribution in [1.82, 2.24) is 9.99 Å². The van der Waals surface area contributed by atoms with E-state index >= 15 is 0 Å². The van der Waals surface area contributed by atoms with E-state index in [1.807, 2.05) is 19.1 Å². The molecule has 1 amide bonds. The molecule has 5 heteroatoms. The van der Waals surface area contributed by atoms with Gasteiger partial charge in [-0.15, -0.1) is 0 Å². The highest BCUT2D eigenvalue weighted by atomic mass is 79.9. The molecule has 132 valence electrons. The van der Waals surface area contributed by atoms with E-state index in [-0.39, 0.29) is 5.91 Å². The van der Waals surface area contributed by atoms with Crippen molar-refractivity contribution in [2.24, 2.45) is 5.10 Å². The summed E-state index contributed by atoms with van der Waals surface area (Å²) in [5.74, 6) is -0.241. The molecule has 1 aromatic heterocycles. The summed E-state index contributed by atoms with van der Waals surface area (Å²) in [6, 6.07) is 17.6. The van der Waals surface area contributed by atoms with Crippen LogP contribution in [0.1, 0.15) is 32.9 Å². The van der Waals surface area contributed by atoms with E-state index < -0.39 is 0 Å². The molecule has 1 heterocycles. The average molecular weight is 410 g/mol. The van der Waals surface area contributed by atoms with Crippen molar-refractivity contribution < 1.29 is 4.79 Å². The van der Waals surface area contributed by atoms with E-state index in [0.717, 1.165) is 27.1 Å². The quantitative estimate of drug-likeness (QED) is 0.481. The maximum Gasteiger partial charge on any atom is 0.271 e. The zero-order valence-electron chi connectivity index (χ0n) is 15.0. The number of nitrogens with zero attached hydrogens (tertiary/aromatic N) is 2. The van der Waals surface area contributed by atoms with Crippen LogP contribution in [0.4, 0.5) is 0 Å². The van der Waals surface area contributed by atoms with Gasteiger partial charge in [-0.2, -0.15) is 5.10 Å². The second-order valence-corrected chi connectivity index (χ2v) is 7.13. The highest BCUT2D eigenvalue weighted by Gasteiger charge is 2.10. The van der Waals surface area contributed by atoms with Gasteiger partial charge in [-0.3, -0.25) is 4.79 Å². The molecule has 0 radical (unpaired) electrons. The van der Waals surface area contributed by atoms with Crippen molar-refractivity contribution in [3.05, 3.63) is 87.1 Å². The number of carbonyl (C=O) groups is 1. The van der Waals surface area contributed by atoms with E-state index in [9.17, 15) is 4.79 Å². The van der Waals surface area contributed by atoms with Crippen LogP contribution in [0.25, 0.3) is 5.69 Å². The first-order valence-corrected chi connectivity index (χ1v) is 9.10. The number of nitrogens with one attached hydrogen (secondary N) is 1. The van der Waals surface area contributed by atoms with Gasteiger partial charge in [0.25, 0.3) is 5.91 Å². The zero-order valence-corrected chi connectivity index (χ0v) is 16.5. The van der Waals surface area contributed by atoms with Crippen molar-refractivity contribution in [3.8, 4) is 5.69 Å².